The average molecular weight is 389 g/mol. The highest BCUT2D eigenvalue weighted by Gasteiger charge is 2.09. The molecule has 6 nitrogen and oxygen atoms in total. The Bertz CT molecular complexity index is 912. The van der Waals surface area contributed by atoms with Gasteiger partial charge in [0.15, 0.2) is 0 Å². The number of anilines is 3. The van der Waals surface area contributed by atoms with Gasteiger partial charge >= 0.3 is 0 Å². The zero-order valence-electron chi connectivity index (χ0n) is 13.7. The van der Waals surface area contributed by atoms with Crippen molar-refractivity contribution in [1.29, 1.82) is 0 Å². The van der Waals surface area contributed by atoms with E-state index in [0.29, 0.717) is 33.0 Å². The monoisotopic (exact) mass is 388 g/mol. The summed E-state index contributed by atoms with van der Waals surface area (Å²) < 4.78 is 5.16. The van der Waals surface area contributed by atoms with Crippen LogP contribution in [0.5, 0.6) is 5.75 Å². The first-order valence-corrected chi connectivity index (χ1v) is 8.29. The molecule has 1 aromatic heterocycles. The zero-order chi connectivity index (χ0) is 18.5. The molecule has 0 unspecified atom stereocenters. The maximum Gasteiger partial charge on any atom is 0.258 e. The van der Waals surface area contributed by atoms with Crippen LogP contribution >= 0.6 is 23.2 Å². The predicted octanol–water partition coefficient (Wildman–Crippen LogP) is 4.79. The number of carbonyl (C=O) groups excluding carboxylic acids is 1. The fraction of sp³-hybridized carbons (Fsp3) is 0.0556. The van der Waals surface area contributed by atoms with Gasteiger partial charge in [0.2, 0.25) is 5.95 Å². The van der Waals surface area contributed by atoms with E-state index in [-0.39, 0.29) is 5.91 Å². The third-order valence-corrected chi connectivity index (χ3v) is 3.80. The van der Waals surface area contributed by atoms with Crippen molar-refractivity contribution >= 4 is 46.4 Å². The molecule has 0 aliphatic heterocycles. The molecule has 0 saturated carbocycles. The number of nitrogens with one attached hydrogen (secondary N) is 2. The molecule has 0 aliphatic rings. The van der Waals surface area contributed by atoms with E-state index in [1.807, 2.05) is 24.3 Å². The molecule has 132 valence electrons. The van der Waals surface area contributed by atoms with E-state index in [4.69, 9.17) is 27.9 Å². The van der Waals surface area contributed by atoms with Gasteiger partial charge in [0.1, 0.15) is 5.75 Å². The SMILES string of the molecule is COc1cccc(Nc2ncc(C(=O)Nc3cc(Cl)cc(Cl)c3)cn2)c1. The molecule has 8 heteroatoms. The van der Waals surface area contributed by atoms with Crippen LogP contribution in [0.3, 0.4) is 0 Å². The molecule has 0 atom stereocenters. The van der Waals surface area contributed by atoms with Crippen LogP contribution < -0.4 is 15.4 Å². The Morgan fingerprint density at radius 2 is 1.69 bits per heavy atom. The van der Waals surface area contributed by atoms with E-state index in [9.17, 15) is 4.79 Å². The molecule has 1 heterocycles. The maximum atomic E-state index is 12.3. The van der Waals surface area contributed by atoms with Gasteiger partial charge in [0.25, 0.3) is 5.91 Å². The van der Waals surface area contributed by atoms with Crippen LogP contribution in [0.1, 0.15) is 10.4 Å². The van der Waals surface area contributed by atoms with Crippen molar-refractivity contribution in [3.63, 3.8) is 0 Å². The number of halogens is 2. The highest BCUT2D eigenvalue weighted by atomic mass is 35.5. The Balaban J connectivity index is 1.69. The van der Waals surface area contributed by atoms with Crippen molar-refractivity contribution in [2.75, 3.05) is 17.7 Å². The van der Waals surface area contributed by atoms with Gasteiger partial charge in [-0.1, -0.05) is 29.3 Å². The number of carbonyl (C=O) groups is 1. The van der Waals surface area contributed by atoms with Crippen molar-refractivity contribution in [3.8, 4) is 5.75 Å². The summed E-state index contributed by atoms with van der Waals surface area (Å²) in [5.41, 5.74) is 1.57. The number of hydrogen-bond acceptors (Lipinski definition) is 5. The summed E-state index contributed by atoms with van der Waals surface area (Å²) in [6.07, 6.45) is 2.86. The summed E-state index contributed by atoms with van der Waals surface area (Å²) in [5.74, 6) is 0.711. The van der Waals surface area contributed by atoms with Crippen LogP contribution in [0, 0.1) is 0 Å². The van der Waals surface area contributed by atoms with Gasteiger partial charge in [-0.25, -0.2) is 9.97 Å². The molecule has 0 aliphatic carbocycles. The molecule has 3 rings (SSSR count). The first kappa shape index (κ1) is 18.0. The van der Waals surface area contributed by atoms with Gasteiger partial charge < -0.3 is 15.4 Å². The number of nitrogens with zero attached hydrogens (tertiary/aromatic N) is 2. The summed E-state index contributed by atoms with van der Waals surface area (Å²) in [7, 11) is 1.59. The number of hydrogen-bond donors (Lipinski definition) is 2. The van der Waals surface area contributed by atoms with Gasteiger partial charge in [-0.2, -0.15) is 0 Å². The Morgan fingerprint density at radius 1 is 1.00 bits per heavy atom. The lowest BCUT2D eigenvalue weighted by molar-refractivity contribution is 0.102. The van der Waals surface area contributed by atoms with Crippen molar-refractivity contribution in [2.24, 2.45) is 0 Å². The average Bonchev–Trinajstić information content (AvgIpc) is 2.61. The highest BCUT2D eigenvalue weighted by molar-refractivity contribution is 6.35. The number of amides is 1. The van der Waals surface area contributed by atoms with Gasteiger partial charge in [-0.3, -0.25) is 4.79 Å². The van der Waals surface area contributed by atoms with Crippen LogP contribution in [0.4, 0.5) is 17.3 Å². The largest absolute Gasteiger partial charge is 0.497 e. The third-order valence-electron chi connectivity index (χ3n) is 3.36. The lowest BCUT2D eigenvalue weighted by Crippen LogP contribution is -2.13. The molecule has 26 heavy (non-hydrogen) atoms. The van der Waals surface area contributed by atoms with Gasteiger partial charge in [-0.15, -0.1) is 0 Å². The normalized spacial score (nSPS) is 10.3. The Hall–Kier alpha value is -2.83. The van der Waals surface area contributed by atoms with Crippen molar-refractivity contribution in [3.05, 3.63) is 70.5 Å². The van der Waals surface area contributed by atoms with E-state index in [1.54, 1.807) is 25.3 Å². The highest BCUT2D eigenvalue weighted by Crippen LogP contribution is 2.23. The topological polar surface area (TPSA) is 76.1 Å². The van der Waals surface area contributed by atoms with E-state index < -0.39 is 0 Å². The summed E-state index contributed by atoms with van der Waals surface area (Å²) in [6, 6.07) is 12.1. The Labute approximate surface area is 160 Å². The first-order chi connectivity index (χ1) is 12.5. The fourth-order valence-electron chi connectivity index (χ4n) is 2.17. The maximum absolute atomic E-state index is 12.3. The van der Waals surface area contributed by atoms with E-state index in [0.717, 1.165) is 5.69 Å². The molecule has 0 bridgehead atoms. The van der Waals surface area contributed by atoms with Crippen LogP contribution in [0.25, 0.3) is 0 Å². The second-order valence-electron chi connectivity index (χ2n) is 5.26. The number of rotatable bonds is 5. The van der Waals surface area contributed by atoms with Crippen LogP contribution in [-0.2, 0) is 0 Å². The van der Waals surface area contributed by atoms with Crippen molar-refractivity contribution in [2.45, 2.75) is 0 Å². The zero-order valence-corrected chi connectivity index (χ0v) is 15.2. The molecule has 0 saturated heterocycles. The van der Waals surface area contributed by atoms with Crippen molar-refractivity contribution < 1.29 is 9.53 Å². The number of methoxy groups -OCH3 is 1. The molecular weight excluding hydrogens is 375 g/mol. The van der Waals surface area contributed by atoms with Gasteiger partial charge in [-0.05, 0) is 30.3 Å². The van der Waals surface area contributed by atoms with Crippen molar-refractivity contribution in [1.82, 2.24) is 9.97 Å². The van der Waals surface area contributed by atoms with Crippen LogP contribution in [0.15, 0.2) is 54.9 Å². The molecule has 0 spiro atoms. The second-order valence-corrected chi connectivity index (χ2v) is 6.14. The number of benzene rings is 2. The smallest absolute Gasteiger partial charge is 0.258 e. The Morgan fingerprint density at radius 3 is 2.35 bits per heavy atom. The first-order valence-electron chi connectivity index (χ1n) is 7.54. The summed E-state index contributed by atoms with van der Waals surface area (Å²) in [4.78, 5) is 20.6. The molecule has 0 radical (unpaired) electrons. The third kappa shape index (κ3) is 4.62. The fourth-order valence-corrected chi connectivity index (χ4v) is 2.70. The summed E-state index contributed by atoms with van der Waals surface area (Å²) in [5, 5.41) is 6.60. The van der Waals surface area contributed by atoms with Gasteiger partial charge in [0.05, 0.1) is 12.7 Å². The minimum Gasteiger partial charge on any atom is -0.497 e. The summed E-state index contributed by atoms with van der Waals surface area (Å²) in [6.45, 7) is 0. The lowest BCUT2D eigenvalue weighted by Gasteiger charge is -2.08. The molecule has 2 aromatic carbocycles. The quantitative estimate of drug-likeness (QED) is 0.656. The van der Waals surface area contributed by atoms with E-state index in [2.05, 4.69) is 20.6 Å². The minimum atomic E-state index is -0.365. The van der Waals surface area contributed by atoms with E-state index in [1.165, 1.54) is 12.4 Å². The van der Waals surface area contributed by atoms with E-state index >= 15 is 0 Å². The predicted molar refractivity (Wildman–Crippen MR) is 103 cm³/mol. The summed E-state index contributed by atoms with van der Waals surface area (Å²) >= 11 is 11.8. The van der Waals surface area contributed by atoms with Crippen LogP contribution in [-0.4, -0.2) is 23.0 Å². The molecular formula is C18H14Cl2N4O2. The lowest BCUT2D eigenvalue weighted by atomic mass is 10.2. The number of ether oxygens (including phenoxy) is 1. The second kappa shape index (κ2) is 8.03. The minimum absolute atomic E-state index is 0.303. The Kier molecular flexibility index (Phi) is 5.55. The standard InChI is InChI=1S/C18H14Cl2N4O2/c1-26-16-4-2-3-14(8-16)24-18-21-9-11(10-22-18)17(25)23-15-6-12(19)5-13(20)7-15/h2-10H,1H3,(H,23,25)(H,21,22,24). The van der Waals surface area contributed by atoms with Crippen LogP contribution in [0.2, 0.25) is 10.0 Å². The molecule has 1 amide bonds. The molecule has 0 fully saturated rings. The molecule has 3 aromatic rings. The molecule has 2 N–H and O–H groups in total. The van der Waals surface area contributed by atoms with Gasteiger partial charge in [0, 0.05) is 39.9 Å². The number of aromatic nitrogens is 2.